The summed E-state index contributed by atoms with van der Waals surface area (Å²) in [7, 11) is -4.02. The first-order valence-electron chi connectivity index (χ1n) is 20.1. The van der Waals surface area contributed by atoms with Crippen LogP contribution in [0.25, 0.3) is 0 Å². The Kier molecular flexibility index (Phi) is 9.42. The van der Waals surface area contributed by atoms with Crippen LogP contribution in [0.5, 0.6) is 17.2 Å². The highest BCUT2D eigenvalue weighted by Gasteiger charge is 2.58. The van der Waals surface area contributed by atoms with Crippen LogP contribution in [0.1, 0.15) is 186 Å². The number of hydrogen-bond donors (Lipinski definition) is 0. The molecule has 0 unspecified atom stereocenters. The highest BCUT2D eigenvalue weighted by Crippen LogP contribution is 2.57. The second-order valence-electron chi connectivity index (χ2n) is 22.3. The predicted octanol–water partition coefficient (Wildman–Crippen LogP) is 12.5. The van der Waals surface area contributed by atoms with Gasteiger partial charge in [0.05, 0.1) is 16.8 Å². The third kappa shape index (κ3) is 7.37. The van der Waals surface area contributed by atoms with Crippen molar-refractivity contribution in [3.63, 3.8) is 0 Å². The van der Waals surface area contributed by atoms with Gasteiger partial charge in [0.1, 0.15) is 17.2 Å². The summed E-state index contributed by atoms with van der Waals surface area (Å²) in [6, 6.07) is 24.4. The van der Waals surface area contributed by atoms with Gasteiger partial charge in [-0.3, -0.25) is 0 Å². The van der Waals surface area contributed by atoms with E-state index in [2.05, 4.69) is 167 Å². The smallest absolute Gasteiger partial charge is 0.479 e. The van der Waals surface area contributed by atoms with Crippen molar-refractivity contribution < 1.29 is 13.3 Å². The summed E-state index contributed by atoms with van der Waals surface area (Å²) in [6.45, 7) is 41.2. The monoisotopic (exact) mass is 755 g/mol. The van der Waals surface area contributed by atoms with Crippen LogP contribution in [-0.2, 0) is 32.5 Å². The molecule has 3 heterocycles. The summed E-state index contributed by atoms with van der Waals surface area (Å²) in [4.78, 5) is 0. The molecule has 292 valence electrons. The number of nitrogens with zero attached hydrogens (tertiary/aromatic N) is 1. The Morgan fingerprint density at radius 2 is 0.727 bits per heavy atom. The van der Waals surface area contributed by atoms with Crippen LogP contribution in [0.15, 0.2) is 60.7 Å². The van der Waals surface area contributed by atoms with Gasteiger partial charge in [0.15, 0.2) is 0 Å². The molecule has 0 N–H and O–H groups in total. The summed E-state index contributed by atoms with van der Waals surface area (Å²) in [5, 5.41) is 10.7. The molecular weight excluding hydrogens is 691 g/mol. The number of nitriles is 1. The van der Waals surface area contributed by atoms with Crippen LogP contribution in [0, 0.1) is 11.3 Å². The molecule has 0 fully saturated rings. The Balaban J connectivity index is 1.98. The molecular formula is C50H65NO3Si. The molecule has 0 saturated heterocycles. The molecule has 0 radical (unpaired) electrons. The highest BCUT2D eigenvalue weighted by molar-refractivity contribution is 6.77. The fourth-order valence-electron chi connectivity index (χ4n) is 7.80. The van der Waals surface area contributed by atoms with Crippen molar-refractivity contribution in [1.29, 1.82) is 5.26 Å². The van der Waals surface area contributed by atoms with Gasteiger partial charge in [-0.15, -0.1) is 0 Å². The Bertz CT molecular complexity index is 1990. The molecule has 0 atom stereocenters. The van der Waals surface area contributed by atoms with Gasteiger partial charge in [-0.05, 0) is 78.0 Å². The largest absolute Gasteiger partial charge is 0.737 e. The lowest BCUT2D eigenvalue weighted by Crippen LogP contribution is -2.66. The molecule has 0 amide bonds. The van der Waals surface area contributed by atoms with E-state index in [1.807, 2.05) is 24.3 Å². The van der Waals surface area contributed by atoms with E-state index in [9.17, 15) is 5.26 Å². The normalized spacial score (nSPS) is 18.7. The summed E-state index contributed by atoms with van der Waals surface area (Å²) < 4.78 is 23.2. The molecule has 5 heteroatoms. The van der Waals surface area contributed by atoms with Gasteiger partial charge < -0.3 is 13.3 Å². The van der Waals surface area contributed by atoms with Gasteiger partial charge in [-0.1, -0.05) is 173 Å². The molecule has 4 aromatic carbocycles. The molecule has 0 aliphatic carbocycles. The predicted molar refractivity (Wildman–Crippen MR) is 231 cm³/mol. The van der Waals surface area contributed by atoms with Crippen LogP contribution in [0.2, 0.25) is 0 Å². The fraction of sp³-hybridized carbons (Fsp3) is 0.500. The zero-order chi connectivity index (χ0) is 41.1. The molecule has 7 rings (SSSR count). The van der Waals surface area contributed by atoms with Gasteiger partial charge in [0.25, 0.3) is 0 Å². The van der Waals surface area contributed by atoms with Crippen molar-refractivity contribution in [2.24, 2.45) is 0 Å². The average Bonchev–Trinajstić information content (AvgIpc) is 3.01. The van der Waals surface area contributed by atoms with Gasteiger partial charge in [0.2, 0.25) is 0 Å². The molecule has 2 bridgehead atoms. The molecule has 0 saturated carbocycles. The third-order valence-electron chi connectivity index (χ3n) is 11.4. The van der Waals surface area contributed by atoms with E-state index in [0.29, 0.717) is 5.56 Å². The molecule has 0 spiro atoms. The lowest BCUT2D eigenvalue weighted by Gasteiger charge is -2.45. The van der Waals surface area contributed by atoms with E-state index < -0.39 is 8.80 Å². The lowest BCUT2D eigenvalue weighted by atomic mass is 9.70. The topological polar surface area (TPSA) is 51.5 Å². The van der Waals surface area contributed by atoms with E-state index in [4.69, 9.17) is 13.3 Å². The molecule has 3 aliphatic rings. The number of benzene rings is 4. The first kappa shape index (κ1) is 40.6. The van der Waals surface area contributed by atoms with Gasteiger partial charge in [-0.2, -0.15) is 5.26 Å². The Morgan fingerprint density at radius 1 is 0.436 bits per heavy atom. The number of hydrogen-bond acceptors (Lipinski definition) is 4. The third-order valence-corrected chi connectivity index (χ3v) is 13.8. The molecule has 55 heavy (non-hydrogen) atoms. The van der Waals surface area contributed by atoms with Crippen LogP contribution < -0.4 is 18.5 Å². The van der Waals surface area contributed by atoms with E-state index in [1.54, 1.807) is 0 Å². The maximum absolute atomic E-state index is 9.91. The second-order valence-corrected chi connectivity index (χ2v) is 24.6. The summed E-state index contributed by atoms with van der Waals surface area (Å²) in [5.41, 5.74) is 10.1. The average molecular weight is 756 g/mol. The minimum atomic E-state index is -4.02. The number of rotatable bonds is 1. The molecule has 3 aliphatic heterocycles. The van der Waals surface area contributed by atoms with Crippen molar-refractivity contribution in [3.8, 4) is 23.3 Å². The maximum atomic E-state index is 9.91. The van der Waals surface area contributed by atoms with Crippen LogP contribution in [0.4, 0.5) is 0 Å². The second kappa shape index (κ2) is 12.8. The summed E-state index contributed by atoms with van der Waals surface area (Å²) >= 11 is 0. The van der Waals surface area contributed by atoms with Crippen LogP contribution in [0.3, 0.4) is 0 Å². The quantitative estimate of drug-likeness (QED) is 0.182. The van der Waals surface area contributed by atoms with Crippen molar-refractivity contribution >= 4 is 14.0 Å². The highest BCUT2D eigenvalue weighted by atomic mass is 28.4. The van der Waals surface area contributed by atoms with E-state index >= 15 is 0 Å². The zero-order valence-electron chi connectivity index (χ0n) is 37.0. The summed E-state index contributed by atoms with van der Waals surface area (Å²) in [6.07, 6.45) is 0. The van der Waals surface area contributed by atoms with Gasteiger partial charge in [0, 0.05) is 22.6 Å². The molecule has 4 aromatic rings. The van der Waals surface area contributed by atoms with Crippen molar-refractivity contribution in [2.75, 3.05) is 0 Å². The summed E-state index contributed by atoms with van der Waals surface area (Å²) in [5.74, 6) is 2.27. The van der Waals surface area contributed by atoms with E-state index in [-0.39, 0.29) is 38.4 Å². The van der Waals surface area contributed by atoms with E-state index in [0.717, 1.165) is 55.8 Å². The lowest BCUT2D eigenvalue weighted by molar-refractivity contribution is 0.258. The van der Waals surface area contributed by atoms with Gasteiger partial charge in [-0.25, -0.2) is 0 Å². The van der Waals surface area contributed by atoms with Crippen LogP contribution in [-0.4, -0.2) is 8.80 Å². The Morgan fingerprint density at radius 3 is 0.964 bits per heavy atom. The first-order chi connectivity index (χ1) is 25.0. The van der Waals surface area contributed by atoms with E-state index in [1.165, 1.54) is 16.7 Å². The SMILES string of the molecule is CC(C)(C)c1cc2c(c(C(C)(C)C)c1)O[Si]1(c3ccc(C#N)cc3)Oc3c(cc(C(C)(C)C)cc3C(C)(C)C)C2c2cc(C(C)(C)C)cc(C(C)(C)C)c2O1. The van der Waals surface area contributed by atoms with Crippen molar-refractivity contribution in [3.05, 3.63) is 116 Å². The van der Waals surface area contributed by atoms with Crippen molar-refractivity contribution in [2.45, 2.75) is 163 Å². The maximum Gasteiger partial charge on any atom is 0.737 e. The Hall–Kier alpha value is -4.01. The molecule has 4 nitrogen and oxygen atoms in total. The van der Waals surface area contributed by atoms with Crippen LogP contribution >= 0.6 is 0 Å². The zero-order valence-corrected chi connectivity index (χ0v) is 38.0. The standard InChI is InChI=1S/C50H65NO3Si/c1-45(2,3)31-23-35-41-36-24-32(46(4,5)6)27-39(49(13,14)15)43(36)53-55(34-21-19-30(29-51)20-22-34,52-42(35)38(26-31)48(10,11)12)54-44-37(41)25-33(47(7,8)9)28-40(44)50(16,17)18/h19-28,41H,1-18H3. The van der Waals surface area contributed by atoms with Gasteiger partial charge >= 0.3 is 8.80 Å². The minimum absolute atomic E-state index is 0.125. The molecule has 0 aromatic heterocycles. The van der Waals surface area contributed by atoms with Crippen molar-refractivity contribution in [1.82, 2.24) is 0 Å². The minimum Gasteiger partial charge on any atom is -0.479 e. The first-order valence-corrected chi connectivity index (χ1v) is 21.8. The Labute approximate surface area is 334 Å². The fourth-order valence-corrected chi connectivity index (χ4v) is 10.3.